The number of pyridine rings is 1. The number of aromatic nitrogens is 1. The van der Waals surface area contributed by atoms with E-state index in [1.807, 2.05) is 0 Å². The molecule has 0 bridgehead atoms. The van der Waals surface area contributed by atoms with Crippen LogP contribution in [0, 0.1) is 11.8 Å². The van der Waals surface area contributed by atoms with Crippen molar-refractivity contribution in [1.29, 1.82) is 0 Å². The van der Waals surface area contributed by atoms with E-state index in [9.17, 15) is 18.0 Å². The molecule has 0 aliphatic carbocycles. The lowest BCUT2D eigenvalue weighted by atomic mass is 10.2. The van der Waals surface area contributed by atoms with Gasteiger partial charge in [0.05, 0.1) is 10.6 Å². The van der Waals surface area contributed by atoms with E-state index >= 15 is 0 Å². The molecule has 1 N–H and O–H groups in total. The minimum absolute atomic E-state index is 0.0600. The fourth-order valence-electron chi connectivity index (χ4n) is 2.22. The van der Waals surface area contributed by atoms with Gasteiger partial charge >= 0.3 is 6.18 Å². The van der Waals surface area contributed by atoms with Crippen LogP contribution in [0.3, 0.4) is 0 Å². The second-order valence-corrected chi connectivity index (χ2v) is 5.21. The van der Waals surface area contributed by atoms with Gasteiger partial charge in [0.15, 0.2) is 0 Å². The van der Waals surface area contributed by atoms with Gasteiger partial charge in [0.25, 0.3) is 5.91 Å². The summed E-state index contributed by atoms with van der Waals surface area (Å²) in [5.41, 5.74) is -0.886. The van der Waals surface area contributed by atoms with E-state index in [0.29, 0.717) is 19.5 Å². The average molecular weight is 332 g/mol. The van der Waals surface area contributed by atoms with Crippen LogP contribution < -0.4 is 10.2 Å². The zero-order valence-corrected chi connectivity index (χ0v) is 12.4. The summed E-state index contributed by atoms with van der Waals surface area (Å²) in [7, 11) is 0. The van der Waals surface area contributed by atoms with Crippen LogP contribution in [-0.4, -0.2) is 30.0 Å². The Bertz CT molecular complexity index is 636. The molecular formula is C14H13ClF3N3O. The molecule has 0 spiro atoms. The fourth-order valence-corrected chi connectivity index (χ4v) is 2.51. The van der Waals surface area contributed by atoms with Crippen molar-refractivity contribution in [2.45, 2.75) is 25.6 Å². The Morgan fingerprint density at radius 1 is 1.55 bits per heavy atom. The maximum atomic E-state index is 12.6. The van der Waals surface area contributed by atoms with Gasteiger partial charge in [-0.3, -0.25) is 4.79 Å². The second-order valence-electron chi connectivity index (χ2n) is 4.81. The molecule has 1 aromatic rings. The molecule has 0 saturated carbocycles. The summed E-state index contributed by atoms with van der Waals surface area (Å²) in [6, 6.07) is 0.728. The minimum Gasteiger partial charge on any atom is -0.353 e. The standard InChI is InChI=1S/C14H13ClF3N3O/c1-2-3-12(22)20-10-4-5-21(8-10)13-11(15)6-9(7-19-13)14(16,17)18/h6-7,10H,4-5,8H2,1H3,(H,20,22). The highest BCUT2D eigenvalue weighted by atomic mass is 35.5. The molecule has 0 aromatic carbocycles. The van der Waals surface area contributed by atoms with Crippen molar-refractivity contribution in [3.8, 4) is 11.8 Å². The summed E-state index contributed by atoms with van der Waals surface area (Å²) in [6.07, 6.45) is -3.07. The first-order chi connectivity index (χ1) is 10.3. The molecule has 22 heavy (non-hydrogen) atoms. The van der Waals surface area contributed by atoms with Crippen molar-refractivity contribution >= 4 is 23.3 Å². The first kappa shape index (κ1) is 16.4. The summed E-state index contributed by atoms with van der Waals surface area (Å²) in [5.74, 6) is 4.79. The van der Waals surface area contributed by atoms with Gasteiger partial charge < -0.3 is 10.2 Å². The zero-order chi connectivity index (χ0) is 16.3. The van der Waals surface area contributed by atoms with E-state index in [-0.39, 0.29) is 22.8 Å². The number of nitrogens with zero attached hydrogens (tertiary/aromatic N) is 2. The first-order valence-electron chi connectivity index (χ1n) is 6.52. The molecule has 1 amide bonds. The van der Waals surface area contributed by atoms with Crippen LogP contribution in [0.5, 0.6) is 0 Å². The predicted molar refractivity (Wildman–Crippen MR) is 76.5 cm³/mol. The van der Waals surface area contributed by atoms with E-state index < -0.39 is 11.7 Å². The van der Waals surface area contributed by atoms with Crippen molar-refractivity contribution in [1.82, 2.24) is 10.3 Å². The average Bonchev–Trinajstić information content (AvgIpc) is 2.86. The van der Waals surface area contributed by atoms with Crippen LogP contribution >= 0.6 is 11.6 Å². The predicted octanol–water partition coefficient (Wildman–Crippen LogP) is 2.47. The highest BCUT2D eigenvalue weighted by molar-refractivity contribution is 6.33. The molecule has 1 saturated heterocycles. The number of alkyl halides is 3. The molecule has 4 nitrogen and oxygen atoms in total. The lowest BCUT2D eigenvalue weighted by Gasteiger charge is -2.19. The molecule has 1 atom stereocenters. The Kier molecular flexibility index (Phi) is 4.81. The number of amides is 1. The largest absolute Gasteiger partial charge is 0.417 e. The fraction of sp³-hybridized carbons (Fsp3) is 0.429. The summed E-state index contributed by atoms with van der Waals surface area (Å²) >= 11 is 5.90. The smallest absolute Gasteiger partial charge is 0.353 e. The van der Waals surface area contributed by atoms with Gasteiger partial charge in [-0.25, -0.2) is 4.98 Å². The van der Waals surface area contributed by atoms with Gasteiger partial charge in [-0.2, -0.15) is 13.2 Å². The van der Waals surface area contributed by atoms with E-state index in [2.05, 4.69) is 22.1 Å². The maximum absolute atomic E-state index is 12.6. The summed E-state index contributed by atoms with van der Waals surface area (Å²) < 4.78 is 37.7. The SMILES string of the molecule is CC#CC(=O)NC1CCN(c2ncc(C(F)(F)F)cc2Cl)C1. The van der Waals surface area contributed by atoms with Gasteiger partial charge in [0, 0.05) is 25.3 Å². The Hall–Kier alpha value is -1.94. The van der Waals surface area contributed by atoms with Crippen molar-refractivity contribution in [2.24, 2.45) is 0 Å². The minimum atomic E-state index is -4.48. The van der Waals surface area contributed by atoms with Gasteiger partial charge in [0.2, 0.25) is 0 Å². The summed E-state index contributed by atoms with van der Waals surface area (Å²) in [5, 5.41) is 2.67. The van der Waals surface area contributed by atoms with Crippen LogP contribution in [0.2, 0.25) is 5.02 Å². The van der Waals surface area contributed by atoms with Crippen molar-refractivity contribution in [3.05, 3.63) is 22.8 Å². The van der Waals surface area contributed by atoms with Crippen LogP contribution in [-0.2, 0) is 11.0 Å². The van der Waals surface area contributed by atoms with Crippen LogP contribution in [0.1, 0.15) is 18.9 Å². The zero-order valence-electron chi connectivity index (χ0n) is 11.7. The van der Waals surface area contributed by atoms with E-state index in [1.165, 1.54) is 0 Å². The van der Waals surface area contributed by atoms with Crippen molar-refractivity contribution in [3.63, 3.8) is 0 Å². The Morgan fingerprint density at radius 3 is 2.86 bits per heavy atom. The van der Waals surface area contributed by atoms with Crippen molar-refractivity contribution < 1.29 is 18.0 Å². The molecule has 1 aromatic heterocycles. The Labute approximate surface area is 130 Å². The number of hydrogen-bond acceptors (Lipinski definition) is 3. The summed E-state index contributed by atoms with van der Waals surface area (Å²) in [4.78, 5) is 16.9. The molecule has 2 rings (SSSR count). The molecule has 2 heterocycles. The monoisotopic (exact) mass is 331 g/mol. The Morgan fingerprint density at radius 2 is 2.27 bits per heavy atom. The summed E-state index contributed by atoms with van der Waals surface area (Å²) in [6.45, 7) is 2.53. The molecule has 1 fully saturated rings. The number of carbonyl (C=O) groups is 1. The molecule has 118 valence electrons. The molecule has 1 aliphatic rings. The van der Waals surface area contributed by atoms with E-state index in [1.54, 1.807) is 11.8 Å². The number of rotatable bonds is 2. The number of nitrogens with one attached hydrogen (secondary N) is 1. The quantitative estimate of drug-likeness (QED) is 0.847. The van der Waals surface area contributed by atoms with Crippen LogP contribution in [0.15, 0.2) is 12.3 Å². The van der Waals surface area contributed by atoms with Gasteiger partial charge in [-0.05, 0) is 25.3 Å². The number of hydrogen-bond donors (Lipinski definition) is 1. The Balaban J connectivity index is 2.07. The third-order valence-corrected chi connectivity index (χ3v) is 3.49. The lowest BCUT2D eigenvalue weighted by Crippen LogP contribution is -2.36. The normalized spacial score (nSPS) is 17.9. The molecule has 1 aliphatic heterocycles. The van der Waals surface area contributed by atoms with E-state index in [4.69, 9.17) is 11.6 Å². The third kappa shape index (κ3) is 3.83. The van der Waals surface area contributed by atoms with Gasteiger partial charge in [-0.15, -0.1) is 0 Å². The van der Waals surface area contributed by atoms with E-state index in [0.717, 1.165) is 12.3 Å². The number of halogens is 4. The molecule has 1 unspecified atom stereocenters. The van der Waals surface area contributed by atoms with Gasteiger partial charge in [-0.1, -0.05) is 17.5 Å². The highest BCUT2D eigenvalue weighted by Crippen LogP contribution is 2.34. The lowest BCUT2D eigenvalue weighted by molar-refractivity contribution is -0.137. The second kappa shape index (κ2) is 6.44. The number of anilines is 1. The van der Waals surface area contributed by atoms with Crippen LogP contribution in [0.25, 0.3) is 0 Å². The maximum Gasteiger partial charge on any atom is 0.417 e. The molecular weight excluding hydrogens is 319 g/mol. The highest BCUT2D eigenvalue weighted by Gasteiger charge is 2.33. The van der Waals surface area contributed by atoms with Crippen molar-refractivity contribution in [2.75, 3.05) is 18.0 Å². The van der Waals surface area contributed by atoms with Crippen LogP contribution in [0.4, 0.5) is 19.0 Å². The molecule has 0 radical (unpaired) electrons. The topological polar surface area (TPSA) is 45.2 Å². The first-order valence-corrected chi connectivity index (χ1v) is 6.90. The van der Waals surface area contributed by atoms with Gasteiger partial charge in [0.1, 0.15) is 5.82 Å². The molecule has 8 heteroatoms. The number of carbonyl (C=O) groups excluding carboxylic acids is 1. The third-order valence-electron chi connectivity index (χ3n) is 3.21.